The summed E-state index contributed by atoms with van der Waals surface area (Å²) >= 11 is 0. The van der Waals surface area contributed by atoms with Crippen molar-refractivity contribution in [3.05, 3.63) is 59.7 Å². The lowest BCUT2D eigenvalue weighted by Gasteiger charge is -2.24. The summed E-state index contributed by atoms with van der Waals surface area (Å²) in [6, 6.07) is 14.9. The van der Waals surface area contributed by atoms with Crippen LogP contribution in [0.3, 0.4) is 0 Å². The van der Waals surface area contributed by atoms with Gasteiger partial charge in [0.1, 0.15) is 11.5 Å². The summed E-state index contributed by atoms with van der Waals surface area (Å²) < 4.78 is 12.2. The Morgan fingerprint density at radius 3 is 1.92 bits per heavy atom. The van der Waals surface area contributed by atoms with Gasteiger partial charge in [0.05, 0.1) is 5.56 Å². The third-order valence-corrected chi connectivity index (χ3v) is 4.75. The Morgan fingerprint density at radius 2 is 1.38 bits per heavy atom. The van der Waals surface area contributed by atoms with Crippen molar-refractivity contribution in [2.75, 3.05) is 0 Å². The quantitative estimate of drug-likeness (QED) is 0.516. The molecule has 24 heavy (non-hydrogen) atoms. The molecule has 0 aliphatic carbocycles. The molecule has 0 aliphatic rings. The molecule has 0 spiro atoms. The van der Waals surface area contributed by atoms with Crippen molar-refractivity contribution in [3.8, 4) is 11.5 Å². The Kier molecular flexibility index (Phi) is 5.35. The molecule has 0 aliphatic heterocycles. The molecule has 0 aromatic heterocycles. The minimum atomic E-state index is -1.85. The van der Waals surface area contributed by atoms with Crippen LogP contribution in [0.15, 0.2) is 48.5 Å². The largest absolute Gasteiger partial charge is 0.544 e. The third-order valence-electron chi connectivity index (χ3n) is 3.07. The molecule has 0 N–H and O–H groups in total. The number of hydrogen-bond acceptors (Lipinski definition) is 3. The van der Waals surface area contributed by atoms with Gasteiger partial charge < -0.3 is 8.85 Å². The van der Waals surface area contributed by atoms with E-state index in [4.69, 9.17) is 8.85 Å². The standard InChI is InChI=1S/C19H26O3Si2/c1-23(2,3)21-16-12-13-17(18(14-16)22-24(4,5)6)19(20)15-10-8-7-9-11-15/h7-14H,1-6H3. The maximum atomic E-state index is 12.9. The summed E-state index contributed by atoms with van der Waals surface area (Å²) in [5.41, 5.74) is 1.25. The average molecular weight is 359 g/mol. The minimum absolute atomic E-state index is 0.0246. The second-order valence-corrected chi connectivity index (χ2v) is 16.6. The molecular weight excluding hydrogens is 332 g/mol. The van der Waals surface area contributed by atoms with Gasteiger partial charge in [0.2, 0.25) is 16.6 Å². The summed E-state index contributed by atoms with van der Waals surface area (Å²) in [6.45, 7) is 12.7. The van der Waals surface area contributed by atoms with E-state index in [0.717, 1.165) is 5.75 Å². The van der Waals surface area contributed by atoms with Gasteiger partial charge in [0.25, 0.3) is 0 Å². The third kappa shape index (κ3) is 5.35. The molecule has 0 saturated carbocycles. The molecule has 2 aromatic rings. The van der Waals surface area contributed by atoms with Crippen LogP contribution in [0.5, 0.6) is 11.5 Å². The molecule has 5 heteroatoms. The van der Waals surface area contributed by atoms with E-state index < -0.39 is 16.6 Å². The summed E-state index contributed by atoms with van der Waals surface area (Å²) in [6.07, 6.45) is 0. The van der Waals surface area contributed by atoms with E-state index in [1.165, 1.54) is 0 Å². The number of rotatable bonds is 6. The van der Waals surface area contributed by atoms with Gasteiger partial charge in [-0.3, -0.25) is 4.79 Å². The van der Waals surface area contributed by atoms with Gasteiger partial charge in [0.15, 0.2) is 5.78 Å². The Bertz CT molecular complexity index is 714. The SMILES string of the molecule is C[Si](C)(C)Oc1ccc(C(=O)c2ccccc2)c(O[Si](C)(C)C)c1. The molecule has 0 saturated heterocycles. The van der Waals surface area contributed by atoms with Gasteiger partial charge >= 0.3 is 0 Å². The second-order valence-electron chi connectivity index (χ2n) is 7.78. The van der Waals surface area contributed by atoms with Gasteiger partial charge in [-0.25, -0.2) is 0 Å². The zero-order chi connectivity index (χ0) is 18.0. The first-order chi connectivity index (χ1) is 11.1. The van der Waals surface area contributed by atoms with Crippen LogP contribution in [0.1, 0.15) is 15.9 Å². The van der Waals surface area contributed by atoms with Gasteiger partial charge in [-0.05, 0) is 51.4 Å². The van der Waals surface area contributed by atoms with Crippen molar-refractivity contribution >= 4 is 22.4 Å². The predicted molar refractivity (Wildman–Crippen MR) is 104 cm³/mol. The molecular formula is C19H26O3Si2. The van der Waals surface area contributed by atoms with Gasteiger partial charge in [-0.1, -0.05) is 30.3 Å². The number of carbonyl (C=O) groups excluding carboxylic acids is 1. The van der Waals surface area contributed by atoms with Crippen LogP contribution >= 0.6 is 0 Å². The summed E-state index contributed by atoms with van der Waals surface area (Å²) in [5.74, 6) is 1.37. The van der Waals surface area contributed by atoms with Gasteiger partial charge in [-0.2, -0.15) is 0 Å². The average Bonchev–Trinajstić information content (AvgIpc) is 2.44. The molecule has 2 rings (SSSR count). The Hall–Kier alpha value is -1.86. The van der Waals surface area contributed by atoms with Crippen molar-refractivity contribution in [2.24, 2.45) is 0 Å². The lowest BCUT2D eigenvalue weighted by Crippen LogP contribution is -2.31. The van der Waals surface area contributed by atoms with Crippen LogP contribution in [0.4, 0.5) is 0 Å². The number of ketones is 1. The van der Waals surface area contributed by atoms with E-state index in [1.54, 1.807) is 0 Å². The summed E-state index contributed by atoms with van der Waals surface area (Å²) in [4.78, 5) is 12.9. The van der Waals surface area contributed by atoms with Crippen LogP contribution in [0, 0.1) is 0 Å². The van der Waals surface area contributed by atoms with Crippen molar-refractivity contribution in [1.29, 1.82) is 0 Å². The first kappa shape index (κ1) is 18.5. The predicted octanol–water partition coefficient (Wildman–Crippen LogP) is 5.35. The minimum Gasteiger partial charge on any atom is -0.544 e. The van der Waals surface area contributed by atoms with E-state index >= 15 is 0 Å². The van der Waals surface area contributed by atoms with Gasteiger partial charge in [0, 0.05) is 11.6 Å². The first-order valence-corrected chi connectivity index (χ1v) is 15.0. The van der Waals surface area contributed by atoms with Crippen molar-refractivity contribution in [3.63, 3.8) is 0 Å². The van der Waals surface area contributed by atoms with Crippen LogP contribution in [-0.2, 0) is 0 Å². The number of carbonyl (C=O) groups is 1. The van der Waals surface area contributed by atoms with E-state index in [0.29, 0.717) is 16.9 Å². The maximum absolute atomic E-state index is 12.9. The van der Waals surface area contributed by atoms with E-state index in [2.05, 4.69) is 39.3 Å². The zero-order valence-corrected chi connectivity index (χ0v) is 17.3. The molecule has 0 atom stereocenters. The van der Waals surface area contributed by atoms with Crippen LogP contribution in [-0.4, -0.2) is 22.4 Å². The van der Waals surface area contributed by atoms with Crippen LogP contribution in [0.2, 0.25) is 39.3 Å². The Morgan fingerprint density at radius 1 is 0.792 bits per heavy atom. The molecule has 0 amide bonds. The van der Waals surface area contributed by atoms with Crippen molar-refractivity contribution in [2.45, 2.75) is 39.3 Å². The van der Waals surface area contributed by atoms with Gasteiger partial charge in [-0.15, -0.1) is 0 Å². The fraction of sp³-hybridized carbons (Fsp3) is 0.316. The van der Waals surface area contributed by atoms with Crippen LogP contribution < -0.4 is 8.85 Å². The molecule has 0 bridgehead atoms. The van der Waals surface area contributed by atoms with E-state index in [1.807, 2.05) is 48.5 Å². The molecule has 0 fully saturated rings. The van der Waals surface area contributed by atoms with E-state index in [9.17, 15) is 4.79 Å². The molecule has 3 nitrogen and oxygen atoms in total. The lowest BCUT2D eigenvalue weighted by molar-refractivity contribution is 0.103. The lowest BCUT2D eigenvalue weighted by atomic mass is 10.0. The molecule has 2 aromatic carbocycles. The monoisotopic (exact) mass is 358 g/mol. The molecule has 0 unspecified atom stereocenters. The summed E-state index contributed by atoms with van der Waals surface area (Å²) in [7, 11) is -3.57. The zero-order valence-electron chi connectivity index (χ0n) is 15.3. The van der Waals surface area contributed by atoms with Crippen LogP contribution in [0.25, 0.3) is 0 Å². The van der Waals surface area contributed by atoms with Crippen molar-refractivity contribution < 1.29 is 13.6 Å². The second kappa shape index (κ2) is 6.95. The molecule has 0 radical (unpaired) electrons. The fourth-order valence-electron chi connectivity index (χ4n) is 2.27. The summed E-state index contributed by atoms with van der Waals surface area (Å²) in [5, 5.41) is 0. The first-order valence-electron chi connectivity index (χ1n) is 8.17. The normalized spacial score (nSPS) is 11.9. The maximum Gasteiger partial charge on any atom is 0.242 e. The highest BCUT2D eigenvalue weighted by Crippen LogP contribution is 2.30. The topological polar surface area (TPSA) is 35.5 Å². The number of benzene rings is 2. The molecule has 0 heterocycles. The van der Waals surface area contributed by atoms with E-state index in [-0.39, 0.29) is 5.78 Å². The van der Waals surface area contributed by atoms with Crippen molar-refractivity contribution in [1.82, 2.24) is 0 Å². The highest BCUT2D eigenvalue weighted by molar-refractivity contribution is 6.71. The number of hydrogen-bond donors (Lipinski definition) is 0. The fourth-order valence-corrected chi connectivity index (χ4v) is 3.93. The highest BCUT2D eigenvalue weighted by atomic mass is 28.4. The Balaban J connectivity index is 2.44. The Labute approximate surface area is 146 Å². The smallest absolute Gasteiger partial charge is 0.242 e. The molecule has 128 valence electrons. The highest BCUT2D eigenvalue weighted by Gasteiger charge is 2.23.